The number of nitrogens with zero attached hydrogens (tertiary/aromatic N) is 1. The number of imide groups is 1. The standard InChI is InChI=1S/C17H14N2O6S/c18-26(23,24)10-12-6-2-1-5-11(12)9-15(20)25-19-16(21)13-7-3-4-8-14(13)17(19)22/h1-8H,9-10H2,(H2,18,23,24). The molecule has 0 spiro atoms. The predicted molar refractivity (Wildman–Crippen MR) is 90.0 cm³/mol. The van der Waals surface area contributed by atoms with Gasteiger partial charge < -0.3 is 4.84 Å². The second-order valence-corrected chi connectivity index (χ2v) is 7.28. The van der Waals surface area contributed by atoms with Crippen LogP contribution >= 0.6 is 0 Å². The average Bonchev–Trinajstić information content (AvgIpc) is 2.81. The van der Waals surface area contributed by atoms with Crippen LogP contribution in [0.4, 0.5) is 0 Å². The Morgan fingerprint density at radius 3 is 1.96 bits per heavy atom. The number of amides is 2. The van der Waals surface area contributed by atoms with Gasteiger partial charge in [0.25, 0.3) is 11.8 Å². The van der Waals surface area contributed by atoms with Crippen LogP contribution in [0.1, 0.15) is 31.8 Å². The van der Waals surface area contributed by atoms with Crippen LogP contribution in [0.3, 0.4) is 0 Å². The highest BCUT2D eigenvalue weighted by Crippen LogP contribution is 2.23. The minimum absolute atomic E-state index is 0.153. The van der Waals surface area contributed by atoms with E-state index in [1.54, 1.807) is 30.3 Å². The summed E-state index contributed by atoms with van der Waals surface area (Å²) >= 11 is 0. The Hall–Kier alpha value is -3.04. The number of hydrogen-bond donors (Lipinski definition) is 1. The topological polar surface area (TPSA) is 124 Å². The second-order valence-electron chi connectivity index (χ2n) is 5.67. The number of nitrogens with two attached hydrogens (primary N) is 1. The van der Waals surface area contributed by atoms with Crippen molar-refractivity contribution in [1.29, 1.82) is 0 Å². The number of carbonyl (C=O) groups is 3. The predicted octanol–water partition coefficient (Wildman–Crippen LogP) is 0.772. The van der Waals surface area contributed by atoms with E-state index < -0.39 is 33.6 Å². The van der Waals surface area contributed by atoms with Crippen LogP contribution in [-0.4, -0.2) is 31.3 Å². The molecule has 0 fully saturated rings. The first-order chi connectivity index (χ1) is 12.3. The summed E-state index contributed by atoms with van der Waals surface area (Å²) in [7, 11) is -3.78. The van der Waals surface area contributed by atoms with E-state index in [2.05, 4.69) is 0 Å². The third-order valence-electron chi connectivity index (χ3n) is 3.76. The van der Waals surface area contributed by atoms with Crippen LogP contribution in [0, 0.1) is 0 Å². The molecule has 1 aliphatic heterocycles. The number of benzene rings is 2. The molecule has 2 N–H and O–H groups in total. The lowest BCUT2D eigenvalue weighted by Gasteiger charge is -2.13. The Morgan fingerprint density at radius 1 is 0.923 bits per heavy atom. The molecule has 0 saturated carbocycles. The number of carbonyl (C=O) groups excluding carboxylic acids is 3. The molecule has 0 atom stereocenters. The summed E-state index contributed by atoms with van der Waals surface area (Å²) in [5, 5.41) is 5.45. The van der Waals surface area contributed by atoms with Gasteiger partial charge in [0.05, 0.1) is 23.3 Å². The van der Waals surface area contributed by atoms with Crippen LogP contribution in [0.15, 0.2) is 48.5 Å². The normalized spacial score (nSPS) is 13.7. The molecule has 134 valence electrons. The zero-order chi connectivity index (χ0) is 18.9. The first kappa shape index (κ1) is 17.8. The Labute approximate surface area is 149 Å². The maximum absolute atomic E-state index is 12.2. The summed E-state index contributed by atoms with van der Waals surface area (Å²) in [6, 6.07) is 12.4. The molecule has 2 aromatic rings. The lowest BCUT2D eigenvalue weighted by atomic mass is 10.1. The highest BCUT2D eigenvalue weighted by Gasteiger charge is 2.38. The van der Waals surface area contributed by atoms with E-state index in [0.717, 1.165) is 0 Å². The second kappa shape index (κ2) is 6.70. The molecule has 0 radical (unpaired) electrons. The van der Waals surface area contributed by atoms with E-state index in [9.17, 15) is 22.8 Å². The Kier molecular flexibility index (Phi) is 4.58. The fourth-order valence-electron chi connectivity index (χ4n) is 2.63. The van der Waals surface area contributed by atoms with Crippen LogP contribution in [0.5, 0.6) is 0 Å². The van der Waals surface area contributed by atoms with E-state index in [0.29, 0.717) is 16.2 Å². The zero-order valence-electron chi connectivity index (χ0n) is 13.4. The van der Waals surface area contributed by atoms with Gasteiger partial charge >= 0.3 is 5.97 Å². The maximum atomic E-state index is 12.2. The van der Waals surface area contributed by atoms with Gasteiger partial charge in [0, 0.05) is 0 Å². The first-order valence-electron chi connectivity index (χ1n) is 7.52. The van der Waals surface area contributed by atoms with Crippen LogP contribution in [0.2, 0.25) is 0 Å². The van der Waals surface area contributed by atoms with Gasteiger partial charge in [-0.25, -0.2) is 18.4 Å². The van der Waals surface area contributed by atoms with Crippen molar-refractivity contribution in [3.63, 3.8) is 0 Å². The van der Waals surface area contributed by atoms with Gasteiger partial charge in [-0.1, -0.05) is 41.5 Å². The molecule has 2 aromatic carbocycles. The molecule has 0 bridgehead atoms. The molecule has 1 heterocycles. The van der Waals surface area contributed by atoms with E-state index in [-0.39, 0.29) is 17.5 Å². The van der Waals surface area contributed by atoms with E-state index in [4.69, 9.17) is 9.98 Å². The Balaban J connectivity index is 1.75. The molecule has 0 aromatic heterocycles. The van der Waals surface area contributed by atoms with Gasteiger partial charge in [0.15, 0.2) is 0 Å². The number of fused-ring (bicyclic) bond motifs is 1. The monoisotopic (exact) mass is 374 g/mol. The summed E-state index contributed by atoms with van der Waals surface area (Å²) in [6.07, 6.45) is -0.320. The van der Waals surface area contributed by atoms with Crippen LogP contribution < -0.4 is 5.14 Å². The summed E-state index contributed by atoms with van der Waals surface area (Å²) in [5.74, 6) is -2.77. The zero-order valence-corrected chi connectivity index (χ0v) is 14.2. The molecule has 0 unspecified atom stereocenters. The molecule has 2 amide bonds. The summed E-state index contributed by atoms with van der Waals surface area (Å²) in [4.78, 5) is 41.5. The van der Waals surface area contributed by atoms with Crippen molar-refractivity contribution in [3.8, 4) is 0 Å². The molecule has 8 nitrogen and oxygen atoms in total. The highest BCUT2D eigenvalue weighted by molar-refractivity contribution is 7.88. The van der Waals surface area contributed by atoms with Crippen molar-refractivity contribution in [1.82, 2.24) is 5.06 Å². The van der Waals surface area contributed by atoms with Crippen molar-refractivity contribution in [2.45, 2.75) is 12.2 Å². The largest absolute Gasteiger partial charge is 0.337 e. The summed E-state index contributed by atoms with van der Waals surface area (Å²) < 4.78 is 22.6. The van der Waals surface area contributed by atoms with Crippen molar-refractivity contribution < 1.29 is 27.6 Å². The van der Waals surface area contributed by atoms with Crippen LogP contribution in [-0.2, 0) is 31.8 Å². The SMILES string of the molecule is NS(=O)(=O)Cc1ccccc1CC(=O)ON1C(=O)c2ccccc2C1=O. The number of primary sulfonamides is 1. The number of hydroxylamine groups is 2. The van der Waals surface area contributed by atoms with Gasteiger partial charge in [-0.3, -0.25) is 9.59 Å². The highest BCUT2D eigenvalue weighted by atomic mass is 32.2. The molecule has 0 aliphatic carbocycles. The van der Waals surface area contributed by atoms with Crippen molar-refractivity contribution in [2.24, 2.45) is 5.14 Å². The fraction of sp³-hybridized carbons (Fsp3) is 0.118. The Morgan fingerprint density at radius 2 is 1.42 bits per heavy atom. The van der Waals surface area contributed by atoms with Crippen molar-refractivity contribution in [3.05, 3.63) is 70.8 Å². The summed E-state index contributed by atoms with van der Waals surface area (Å²) in [5.41, 5.74) is 1.03. The summed E-state index contributed by atoms with van der Waals surface area (Å²) in [6.45, 7) is 0. The molecule has 3 rings (SSSR count). The van der Waals surface area contributed by atoms with Gasteiger partial charge in [-0.05, 0) is 23.3 Å². The molecule has 9 heteroatoms. The van der Waals surface area contributed by atoms with E-state index >= 15 is 0 Å². The van der Waals surface area contributed by atoms with Crippen molar-refractivity contribution in [2.75, 3.05) is 0 Å². The third-order valence-corrected chi connectivity index (χ3v) is 4.47. The van der Waals surface area contributed by atoms with Gasteiger partial charge in [0.1, 0.15) is 0 Å². The van der Waals surface area contributed by atoms with Gasteiger partial charge in [0.2, 0.25) is 10.0 Å². The Bertz CT molecular complexity index is 980. The molecule has 1 aliphatic rings. The molecular formula is C17H14N2O6S. The number of sulfonamides is 1. The van der Waals surface area contributed by atoms with Gasteiger partial charge in [-0.15, -0.1) is 0 Å². The quantitative estimate of drug-likeness (QED) is 0.771. The average molecular weight is 374 g/mol. The maximum Gasteiger partial charge on any atom is 0.337 e. The number of rotatable bonds is 5. The minimum Gasteiger partial charge on any atom is -0.329 e. The van der Waals surface area contributed by atoms with Gasteiger partial charge in [-0.2, -0.15) is 0 Å². The minimum atomic E-state index is -3.78. The lowest BCUT2D eigenvalue weighted by Crippen LogP contribution is -2.33. The van der Waals surface area contributed by atoms with Crippen LogP contribution in [0.25, 0.3) is 0 Å². The first-order valence-corrected chi connectivity index (χ1v) is 9.23. The van der Waals surface area contributed by atoms with Crippen molar-refractivity contribution >= 4 is 27.8 Å². The lowest BCUT2D eigenvalue weighted by molar-refractivity contribution is -0.167. The smallest absolute Gasteiger partial charge is 0.329 e. The molecule has 26 heavy (non-hydrogen) atoms. The van der Waals surface area contributed by atoms with E-state index in [1.807, 2.05) is 0 Å². The fourth-order valence-corrected chi connectivity index (χ4v) is 3.34. The van der Waals surface area contributed by atoms with E-state index in [1.165, 1.54) is 18.2 Å². The third kappa shape index (κ3) is 3.63. The number of hydrogen-bond acceptors (Lipinski definition) is 6. The molecular weight excluding hydrogens is 360 g/mol. The molecule has 0 saturated heterocycles.